The van der Waals surface area contributed by atoms with E-state index in [1.807, 2.05) is 0 Å². The maximum absolute atomic E-state index is 15.3. The fourth-order valence-corrected chi connectivity index (χ4v) is 8.02. The standard InChI is InChI=1S/C24H24ClF2NO6S/c25-15-1-3-18(4-2-15)35(31,32)24-9-7-17(34-23(30)28-10-8-16(29)12-28)11-14(24)13-33-22-20(27)6-5-19(26)21(22)24/h1-6,14,16-17,29H,7-13H2/t14?,16-,17-,24+/m1/s1. The Kier molecular flexibility index (Phi) is 6.17. The molecule has 188 valence electrons. The van der Waals surface area contributed by atoms with E-state index in [0.717, 1.165) is 12.1 Å². The molecule has 2 aromatic carbocycles. The summed E-state index contributed by atoms with van der Waals surface area (Å²) in [6.07, 6.45) is -1.26. The summed E-state index contributed by atoms with van der Waals surface area (Å²) in [4.78, 5) is 13.9. The summed E-state index contributed by atoms with van der Waals surface area (Å²) in [6, 6.07) is 7.38. The molecular weight excluding hydrogens is 504 g/mol. The fourth-order valence-electron chi connectivity index (χ4n) is 5.53. The second kappa shape index (κ2) is 8.90. The summed E-state index contributed by atoms with van der Waals surface area (Å²) in [5.74, 6) is -2.92. The molecule has 1 amide bonds. The molecule has 0 spiro atoms. The van der Waals surface area contributed by atoms with Crippen LogP contribution in [-0.4, -0.2) is 56.4 Å². The number of rotatable bonds is 3. The summed E-state index contributed by atoms with van der Waals surface area (Å²) in [7, 11) is -4.26. The number of amides is 1. The first-order valence-corrected chi connectivity index (χ1v) is 13.2. The summed E-state index contributed by atoms with van der Waals surface area (Å²) in [5, 5.41) is 10.0. The van der Waals surface area contributed by atoms with Gasteiger partial charge in [0, 0.05) is 24.0 Å². The maximum atomic E-state index is 15.3. The summed E-state index contributed by atoms with van der Waals surface area (Å²) in [6.45, 7) is 0.355. The average molecular weight is 528 g/mol. The number of hydrogen-bond donors (Lipinski definition) is 1. The number of ether oxygens (including phenoxy) is 2. The molecule has 3 aliphatic rings. The summed E-state index contributed by atoms with van der Waals surface area (Å²) >= 11 is 5.95. The van der Waals surface area contributed by atoms with Crippen LogP contribution in [0.4, 0.5) is 13.6 Å². The van der Waals surface area contributed by atoms with E-state index in [2.05, 4.69) is 0 Å². The zero-order chi connectivity index (χ0) is 25.0. The number of likely N-dealkylation sites (tertiary alicyclic amines) is 1. The third kappa shape index (κ3) is 3.95. The van der Waals surface area contributed by atoms with Gasteiger partial charge in [0.1, 0.15) is 16.7 Å². The van der Waals surface area contributed by atoms with Crippen molar-refractivity contribution in [3.8, 4) is 5.75 Å². The van der Waals surface area contributed by atoms with Gasteiger partial charge in [0.15, 0.2) is 21.4 Å². The molecule has 7 nitrogen and oxygen atoms in total. The van der Waals surface area contributed by atoms with Gasteiger partial charge in [-0.15, -0.1) is 0 Å². The number of sulfone groups is 1. The molecule has 4 atom stereocenters. The van der Waals surface area contributed by atoms with Gasteiger partial charge >= 0.3 is 6.09 Å². The van der Waals surface area contributed by atoms with E-state index < -0.39 is 56.2 Å². The van der Waals surface area contributed by atoms with Crippen LogP contribution >= 0.6 is 11.6 Å². The van der Waals surface area contributed by atoms with E-state index in [9.17, 15) is 22.7 Å². The Bertz CT molecular complexity index is 1260. The topological polar surface area (TPSA) is 93.1 Å². The van der Waals surface area contributed by atoms with E-state index in [-0.39, 0.29) is 42.9 Å². The molecule has 5 rings (SSSR count). The number of nitrogens with zero attached hydrogens (tertiary/aromatic N) is 1. The first-order valence-electron chi connectivity index (χ1n) is 11.4. The Morgan fingerprint density at radius 2 is 1.86 bits per heavy atom. The molecule has 1 saturated heterocycles. The van der Waals surface area contributed by atoms with Crippen LogP contribution in [0.2, 0.25) is 5.02 Å². The number of halogens is 3. The summed E-state index contributed by atoms with van der Waals surface area (Å²) in [5.41, 5.74) is -0.323. The Balaban J connectivity index is 1.54. The highest BCUT2D eigenvalue weighted by Crippen LogP contribution is 2.56. The zero-order valence-electron chi connectivity index (χ0n) is 18.6. The highest BCUT2D eigenvalue weighted by Gasteiger charge is 2.60. The third-order valence-electron chi connectivity index (χ3n) is 7.25. The lowest BCUT2D eigenvalue weighted by Crippen LogP contribution is -2.53. The largest absolute Gasteiger partial charge is 0.490 e. The van der Waals surface area contributed by atoms with Crippen molar-refractivity contribution in [2.24, 2.45) is 5.92 Å². The van der Waals surface area contributed by atoms with Crippen molar-refractivity contribution in [3.05, 3.63) is 58.6 Å². The van der Waals surface area contributed by atoms with Crippen molar-refractivity contribution in [3.63, 3.8) is 0 Å². The van der Waals surface area contributed by atoms with Gasteiger partial charge in [0.05, 0.1) is 23.2 Å². The van der Waals surface area contributed by atoms with Crippen molar-refractivity contribution >= 4 is 27.5 Å². The van der Waals surface area contributed by atoms with Crippen LogP contribution in [0.1, 0.15) is 31.2 Å². The van der Waals surface area contributed by atoms with Gasteiger partial charge < -0.3 is 19.5 Å². The Morgan fingerprint density at radius 3 is 2.54 bits per heavy atom. The average Bonchev–Trinajstić information content (AvgIpc) is 3.27. The molecule has 11 heteroatoms. The molecular formula is C24H24ClF2NO6S. The van der Waals surface area contributed by atoms with Crippen LogP contribution in [0.15, 0.2) is 41.3 Å². The number of carbonyl (C=O) groups is 1. The lowest BCUT2D eigenvalue weighted by atomic mass is 9.72. The monoisotopic (exact) mass is 527 g/mol. The molecule has 2 heterocycles. The first-order chi connectivity index (χ1) is 16.6. The summed E-state index contributed by atoms with van der Waals surface area (Å²) < 4.78 is 67.6. The van der Waals surface area contributed by atoms with E-state index in [1.54, 1.807) is 0 Å². The number of β-amino-alcohol motifs (C(OH)–C–C–N with tert-alkyl or cyclic N) is 1. The van der Waals surface area contributed by atoms with Crippen LogP contribution in [0.3, 0.4) is 0 Å². The predicted octanol–water partition coefficient (Wildman–Crippen LogP) is 4.05. The van der Waals surface area contributed by atoms with Crippen LogP contribution in [-0.2, 0) is 19.3 Å². The van der Waals surface area contributed by atoms with Gasteiger partial charge in [0.25, 0.3) is 0 Å². The number of benzene rings is 2. The number of fused-ring (bicyclic) bond motifs is 3. The molecule has 0 radical (unpaired) electrons. The van der Waals surface area contributed by atoms with Gasteiger partial charge in [-0.3, -0.25) is 0 Å². The SMILES string of the molecule is O=C(O[C@@H]1CC[C@@]2(S(=O)(=O)c3ccc(Cl)cc3)c3c(F)ccc(F)c3OCC2C1)N1CC[C@@H](O)C1. The van der Waals surface area contributed by atoms with Crippen molar-refractivity contribution in [2.45, 2.75) is 47.5 Å². The molecule has 1 unspecified atom stereocenters. The third-order valence-corrected chi connectivity index (χ3v) is 10.1. The van der Waals surface area contributed by atoms with Gasteiger partial charge in [-0.25, -0.2) is 22.0 Å². The smallest absolute Gasteiger partial charge is 0.410 e. The van der Waals surface area contributed by atoms with Crippen LogP contribution < -0.4 is 4.74 Å². The number of hydrogen-bond acceptors (Lipinski definition) is 6. The minimum atomic E-state index is -4.26. The Morgan fingerprint density at radius 1 is 1.14 bits per heavy atom. The first kappa shape index (κ1) is 24.3. The second-order valence-corrected chi connectivity index (χ2v) is 11.9. The van der Waals surface area contributed by atoms with Crippen molar-refractivity contribution in [1.29, 1.82) is 0 Å². The molecule has 1 aliphatic carbocycles. The quantitative estimate of drug-likeness (QED) is 0.647. The molecule has 2 aliphatic heterocycles. The van der Waals surface area contributed by atoms with Crippen molar-refractivity contribution in [2.75, 3.05) is 19.7 Å². The number of aliphatic hydroxyl groups is 1. The van der Waals surface area contributed by atoms with Gasteiger partial charge in [-0.2, -0.15) is 0 Å². The molecule has 1 saturated carbocycles. The van der Waals surface area contributed by atoms with E-state index in [0.29, 0.717) is 18.0 Å². The lowest BCUT2D eigenvalue weighted by Gasteiger charge is -2.48. The molecule has 2 aromatic rings. The highest BCUT2D eigenvalue weighted by molar-refractivity contribution is 7.92. The highest BCUT2D eigenvalue weighted by atomic mass is 35.5. The fraction of sp³-hybridized carbons (Fsp3) is 0.458. The predicted molar refractivity (Wildman–Crippen MR) is 122 cm³/mol. The van der Waals surface area contributed by atoms with Crippen LogP contribution in [0, 0.1) is 17.6 Å². The Labute approximate surface area is 206 Å². The normalized spacial score (nSPS) is 28.1. The number of aliphatic hydroxyl groups excluding tert-OH is 1. The Hall–Kier alpha value is -2.43. The van der Waals surface area contributed by atoms with Gasteiger partial charge in [-0.1, -0.05) is 11.6 Å². The molecule has 2 fully saturated rings. The van der Waals surface area contributed by atoms with Crippen LogP contribution in [0.25, 0.3) is 0 Å². The minimum absolute atomic E-state index is 0.0649. The zero-order valence-corrected chi connectivity index (χ0v) is 20.2. The van der Waals surface area contributed by atoms with Crippen molar-refractivity contribution in [1.82, 2.24) is 4.90 Å². The molecule has 35 heavy (non-hydrogen) atoms. The van der Waals surface area contributed by atoms with E-state index in [1.165, 1.54) is 29.2 Å². The lowest BCUT2D eigenvalue weighted by molar-refractivity contribution is 0.00790. The van der Waals surface area contributed by atoms with Gasteiger partial charge in [-0.05, 0) is 62.1 Å². The molecule has 0 aromatic heterocycles. The van der Waals surface area contributed by atoms with E-state index >= 15 is 4.39 Å². The van der Waals surface area contributed by atoms with Crippen molar-refractivity contribution < 1.29 is 36.6 Å². The second-order valence-electron chi connectivity index (χ2n) is 9.26. The van der Waals surface area contributed by atoms with E-state index in [4.69, 9.17) is 21.1 Å². The van der Waals surface area contributed by atoms with Crippen LogP contribution in [0.5, 0.6) is 5.75 Å². The van der Waals surface area contributed by atoms with Gasteiger partial charge in [0.2, 0.25) is 0 Å². The minimum Gasteiger partial charge on any atom is -0.490 e. The molecule has 0 bridgehead atoms. The molecule has 1 N–H and O–H groups in total. The number of carbonyl (C=O) groups excluding carboxylic acids is 1. The maximum Gasteiger partial charge on any atom is 0.410 e.